The first-order chi connectivity index (χ1) is 9.31. The van der Waals surface area contributed by atoms with Gasteiger partial charge in [-0.2, -0.15) is 5.10 Å². The number of pyridine rings is 1. The van der Waals surface area contributed by atoms with Crippen LogP contribution in [-0.2, 0) is 5.88 Å². The molecular weight excluding hydrogens is 262 g/mol. The van der Waals surface area contributed by atoms with Crippen molar-refractivity contribution < 1.29 is 4.74 Å². The molecule has 0 saturated carbocycles. The second-order valence-electron chi connectivity index (χ2n) is 4.14. The summed E-state index contributed by atoms with van der Waals surface area (Å²) in [5.41, 5.74) is 3.90. The predicted molar refractivity (Wildman–Crippen MR) is 74.5 cm³/mol. The van der Waals surface area contributed by atoms with Crippen molar-refractivity contribution in [2.24, 2.45) is 0 Å². The van der Waals surface area contributed by atoms with Crippen LogP contribution in [0.1, 0.15) is 5.56 Å². The number of halogens is 1. The Bertz CT molecular complexity index is 706. The van der Waals surface area contributed by atoms with Crippen LogP contribution in [0.25, 0.3) is 16.8 Å². The van der Waals surface area contributed by atoms with Crippen LogP contribution in [0.2, 0.25) is 0 Å². The zero-order valence-corrected chi connectivity index (χ0v) is 11.1. The van der Waals surface area contributed by atoms with Crippen LogP contribution in [0.5, 0.6) is 5.75 Å². The quantitative estimate of drug-likeness (QED) is 0.688. The fourth-order valence-electron chi connectivity index (χ4n) is 2.04. The third-order valence-electron chi connectivity index (χ3n) is 3.02. The van der Waals surface area contributed by atoms with E-state index in [2.05, 4.69) is 10.1 Å². The molecule has 0 bridgehead atoms. The van der Waals surface area contributed by atoms with Crippen molar-refractivity contribution in [1.29, 1.82) is 0 Å². The third-order valence-corrected chi connectivity index (χ3v) is 3.31. The molecule has 0 saturated heterocycles. The van der Waals surface area contributed by atoms with Crippen molar-refractivity contribution in [1.82, 2.24) is 14.6 Å². The fraction of sp³-hybridized carbons (Fsp3) is 0.143. The number of hydrogen-bond acceptors (Lipinski definition) is 3. The molecule has 0 spiro atoms. The summed E-state index contributed by atoms with van der Waals surface area (Å²) in [6, 6.07) is 9.92. The number of nitrogens with zero attached hydrogens (tertiary/aromatic N) is 3. The Hall–Kier alpha value is -2.07. The molecular formula is C14H12ClN3O. The lowest BCUT2D eigenvalue weighted by molar-refractivity contribution is 0.415. The van der Waals surface area contributed by atoms with Crippen molar-refractivity contribution >= 4 is 17.2 Å². The molecule has 0 N–H and O–H groups in total. The molecule has 2 heterocycles. The summed E-state index contributed by atoms with van der Waals surface area (Å²) in [6.07, 6.45) is 3.48. The summed E-state index contributed by atoms with van der Waals surface area (Å²) in [4.78, 5) is 4.20. The van der Waals surface area contributed by atoms with Gasteiger partial charge >= 0.3 is 0 Å². The minimum Gasteiger partial charge on any atom is -0.497 e. The molecule has 0 radical (unpaired) electrons. The van der Waals surface area contributed by atoms with E-state index in [0.717, 1.165) is 28.1 Å². The van der Waals surface area contributed by atoms with Gasteiger partial charge in [-0.25, -0.2) is 9.50 Å². The van der Waals surface area contributed by atoms with Crippen LogP contribution in [0.3, 0.4) is 0 Å². The lowest BCUT2D eigenvalue weighted by Gasteiger charge is -2.06. The molecule has 96 valence electrons. The van der Waals surface area contributed by atoms with Crippen LogP contribution in [0.4, 0.5) is 0 Å². The van der Waals surface area contributed by atoms with Gasteiger partial charge in [0, 0.05) is 17.3 Å². The molecule has 0 fully saturated rings. The van der Waals surface area contributed by atoms with E-state index in [9.17, 15) is 0 Å². The molecule has 1 aromatic carbocycles. The van der Waals surface area contributed by atoms with Crippen LogP contribution in [0, 0.1) is 0 Å². The maximum Gasteiger partial charge on any atom is 0.159 e. The second-order valence-corrected chi connectivity index (χ2v) is 4.41. The minimum absolute atomic E-state index is 0.409. The van der Waals surface area contributed by atoms with Gasteiger partial charge in [-0.3, -0.25) is 0 Å². The SMILES string of the molecule is COc1ccc(-c2cc(CCl)c3ncnn3c2)cc1. The van der Waals surface area contributed by atoms with E-state index in [1.165, 1.54) is 6.33 Å². The maximum atomic E-state index is 5.97. The number of ether oxygens (including phenoxy) is 1. The van der Waals surface area contributed by atoms with Gasteiger partial charge in [0.05, 0.1) is 13.0 Å². The van der Waals surface area contributed by atoms with Crippen molar-refractivity contribution in [2.75, 3.05) is 7.11 Å². The second kappa shape index (κ2) is 4.90. The van der Waals surface area contributed by atoms with Crippen LogP contribution >= 0.6 is 11.6 Å². The summed E-state index contributed by atoms with van der Waals surface area (Å²) in [6.45, 7) is 0. The molecule has 3 rings (SSSR count). The number of rotatable bonds is 3. The number of alkyl halides is 1. The third kappa shape index (κ3) is 2.15. The van der Waals surface area contributed by atoms with Gasteiger partial charge in [0.1, 0.15) is 12.1 Å². The molecule has 0 aliphatic carbocycles. The first kappa shape index (κ1) is 12.0. The molecule has 5 heteroatoms. The number of aromatic nitrogens is 3. The number of hydrogen-bond donors (Lipinski definition) is 0. The van der Waals surface area contributed by atoms with Crippen LogP contribution in [0.15, 0.2) is 42.9 Å². The highest BCUT2D eigenvalue weighted by atomic mass is 35.5. The number of methoxy groups -OCH3 is 1. The van der Waals surface area contributed by atoms with E-state index < -0.39 is 0 Å². The van der Waals surface area contributed by atoms with Crippen molar-refractivity contribution in [2.45, 2.75) is 5.88 Å². The molecule has 0 aliphatic heterocycles. The Morgan fingerprint density at radius 1 is 1.21 bits per heavy atom. The average Bonchev–Trinajstić information content (AvgIpc) is 2.94. The predicted octanol–water partition coefficient (Wildman–Crippen LogP) is 3.14. The molecule has 2 aromatic heterocycles. The monoisotopic (exact) mass is 273 g/mol. The fourth-order valence-corrected chi connectivity index (χ4v) is 2.23. The first-order valence-corrected chi connectivity index (χ1v) is 6.38. The van der Waals surface area contributed by atoms with Crippen LogP contribution in [-0.4, -0.2) is 21.7 Å². The van der Waals surface area contributed by atoms with E-state index in [-0.39, 0.29) is 0 Å². The smallest absolute Gasteiger partial charge is 0.159 e. The highest BCUT2D eigenvalue weighted by Gasteiger charge is 2.07. The molecule has 19 heavy (non-hydrogen) atoms. The topological polar surface area (TPSA) is 39.4 Å². The maximum absolute atomic E-state index is 5.97. The van der Waals surface area contributed by atoms with Gasteiger partial charge in [0.15, 0.2) is 5.65 Å². The Morgan fingerprint density at radius 2 is 2.00 bits per heavy atom. The minimum atomic E-state index is 0.409. The van der Waals surface area contributed by atoms with Crippen molar-refractivity contribution in [3.8, 4) is 16.9 Å². The molecule has 0 atom stereocenters. The van der Waals surface area contributed by atoms with E-state index in [1.54, 1.807) is 11.6 Å². The normalized spacial score (nSPS) is 10.8. The van der Waals surface area contributed by atoms with Gasteiger partial charge in [-0.1, -0.05) is 12.1 Å². The van der Waals surface area contributed by atoms with Crippen molar-refractivity contribution in [3.63, 3.8) is 0 Å². The molecule has 0 aliphatic rings. The highest BCUT2D eigenvalue weighted by Crippen LogP contribution is 2.25. The molecule has 4 nitrogen and oxygen atoms in total. The van der Waals surface area contributed by atoms with Gasteiger partial charge in [-0.15, -0.1) is 11.6 Å². The van der Waals surface area contributed by atoms with Gasteiger partial charge in [0.2, 0.25) is 0 Å². The highest BCUT2D eigenvalue weighted by molar-refractivity contribution is 6.17. The van der Waals surface area contributed by atoms with E-state index in [4.69, 9.17) is 16.3 Å². The summed E-state index contributed by atoms with van der Waals surface area (Å²) in [5.74, 6) is 1.25. The average molecular weight is 274 g/mol. The Labute approximate surface area is 115 Å². The number of fused-ring (bicyclic) bond motifs is 1. The van der Waals surface area contributed by atoms with Crippen LogP contribution < -0.4 is 4.74 Å². The van der Waals surface area contributed by atoms with Gasteiger partial charge in [0.25, 0.3) is 0 Å². The van der Waals surface area contributed by atoms with E-state index >= 15 is 0 Å². The molecule has 0 amide bonds. The lowest BCUT2D eigenvalue weighted by Crippen LogP contribution is -1.94. The summed E-state index contributed by atoms with van der Waals surface area (Å²) >= 11 is 5.97. The van der Waals surface area contributed by atoms with Crippen molar-refractivity contribution in [3.05, 3.63) is 48.4 Å². The summed E-state index contributed by atoms with van der Waals surface area (Å²) in [7, 11) is 1.65. The van der Waals surface area contributed by atoms with Gasteiger partial charge < -0.3 is 4.74 Å². The standard InChI is InChI=1S/C14H12ClN3O/c1-19-13-4-2-10(3-5-13)12-6-11(7-15)14-16-9-17-18(14)8-12/h2-6,8-9H,7H2,1H3. The molecule has 3 aromatic rings. The molecule has 0 unspecified atom stereocenters. The summed E-state index contributed by atoms with van der Waals surface area (Å²) in [5, 5.41) is 4.17. The van der Waals surface area contributed by atoms with E-state index in [1.807, 2.05) is 36.5 Å². The van der Waals surface area contributed by atoms with E-state index in [0.29, 0.717) is 5.88 Å². The Morgan fingerprint density at radius 3 is 2.68 bits per heavy atom. The lowest BCUT2D eigenvalue weighted by atomic mass is 10.1. The summed E-state index contributed by atoms with van der Waals surface area (Å²) < 4.78 is 6.91. The Balaban J connectivity index is 2.12. The largest absolute Gasteiger partial charge is 0.497 e. The zero-order valence-electron chi connectivity index (χ0n) is 10.4. The Kier molecular flexibility index (Phi) is 3.09. The van der Waals surface area contributed by atoms with Gasteiger partial charge in [-0.05, 0) is 23.8 Å². The number of benzene rings is 1. The first-order valence-electron chi connectivity index (χ1n) is 5.84. The zero-order chi connectivity index (χ0) is 13.2.